The number of nitrogens with one attached hydrogen (secondary N) is 1. The molecule has 1 saturated heterocycles. The third-order valence-corrected chi connectivity index (χ3v) is 9.53. The second-order valence-electron chi connectivity index (χ2n) is 9.61. The number of sulfone groups is 1. The summed E-state index contributed by atoms with van der Waals surface area (Å²) in [7, 11) is -3.33. The van der Waals surface area contributed by atoms with Crippen LogP contribution in [-0.4, -0.2) is 68.9 Å². The van der Waals surface area contributed by atoms with E-state index in [-0.39, 0.29) is 23.8 Å². The predicted octanol–water partition coefficient (Wildman–Crippen LogP) is 4.82. The smallest absolute Gasteiger partial charge is 0.347 e. The van der Waals surface area contributed by atoms with Crippen molar-refractivity contribution in [2.45, 2.75) is 43.7 Å². The Bertz CT molecular complexity index is 1450. The molecule has 15 heteroatoms. The first-order valence-corrected chi connectivity index (χ1v) is 15.4. The highest BCUT2D eigenvalue weighted by Gasteiger charge is 2.32. The minimum Gasteiger partial charge on any atom is -0.347 e. The molecule has 42 heavy (non-hydrogen) atoms. The molecule has 1 fully saturated rings. The molecular weight excluding hydrogens is 603 g/mol. The van der Waals surface area contributed by atoms with Gasteiger partial charge in [-0.05, 0) is 35.4 Å². The van der Waals surface area contributed by atoms with Crippen molar-refractivity contribution in [3.63, 3.8) is 0 Å². The SMILES string of the molecule is CCS(=O)(=O)c1ccc(CNC(=O)c2cnc(N3CCN(Cc4ccc(C(F)(F)F)cc4)CC3COC(F)F)s2)cc1. The van der Waals surface area contributed by atoms with E-state index in [1.807, 2.05) is 4.90 Å². The zero-order valence-electron chi connectivity index (χ0n) is 22.5. The fraction of sp³-hybridized carbons (Fsp3) is 0.407. The Labute approximate surface area is 244 Å². The lowest BCUT2D eigenvalue weighted by Crippen LogP contribution is -2.55. The van der Waals surface area contributed by atoms with Gasteiger partial charge in [-0.1, -0.05) is 42.5 Å². The van der Waals surface area contributed by atoms with Crippen LogP contribution in [0, 0.1) is 0 Å². The van der Waals surface area contributed by atoms with Crippen molar-refractivity contribution >= 4 is 32.2 Å². The van der Waals surface area contributed by atoms with Crippen LogP contribution in [0.3, 0.4) is 0 Å². The van der Waals surface area contributed by atoms with Crippen LogP contribution in [0.2, 0.25) is 0 Å². The summed E-state index contributed by atoms with van der Waals surface area (Å²) in [5.74, 6) is -0.412. The van der Waals surface area contributed by atoms with Gasteiger partial charge in [0.15, 0.2) is 15.0 Å². The van der Waals surface area contributed by atoms with Crippen molar-refractivity contribution in [2.24, 2.45) is 0 Å². The average molecular weight is 633 g/mol. The summed E-state index contributed by atoms with van der Waals surface area (Å²) in [6, 6.07) is 10.5. The van der Waals surface area contributed by atoms with E-state index in [4.69, 9.17) is 0 Å². The average Bonchev–Trinajstić information content (AvgIpc) is 3.45. The first kappa shape index (κ1) is 31.8. The van der Waals surface area contributed by atoms with E-state index in [2.05, 4.69) is 15.0 Å². The lowest BCUT2D eigenvalue weighted by Gasteiger charge is -2.41. The summed E-state index contributed by atoms with van der Waals surface area (Å²) < 4.78 is 93.0. The van der Waals surface area contributed by atoms with Crippen LogP contribution in [0.15, 0.2) is 59.6 Å². The Morgan fingerprint density at radius 2 is 1.76 bits per heavy atom. The number of halogens is 5. The molecule has 3 aromatic rings. The molecule has 1 amide bonds. The van der Waals surface area contributed by atoms with E-state index in [0.717, 1.165) is 23.5 Å². The summed E-state index contributed by atoms with van der Waals surface area (Å²) in [5, 5.41) is 3.21. The van der Waals surface area contributed by atoms with Gasteiger partial charge in [-0.3, -0.25) is 9.69 Å². The van der Waals surface area contributed by atoms with Crippen molar-refractivity contribution in [2.75, 3.05) is 36.9 Å². The number of carbonyl (C=O) groups is 1. The number of benzene rings is 2. The van der Waals surface area contributed by atoms with E-state index in [0.29, 0.717) is 47.3 Å². The molecule has 1 atom stereocenters. The Hall–Kier alpha value is -3.14. The standard InChI is InChI=1S/C27H29F5N4O4S2/c1-2-42(38,39)22-9-5-18(6-10-22)13-33-24(37)23-14-34-26(41-23)36-12-11-35(16-21(36)17-40-25(28)29)15-19-3-7-20(8-4-19)27(30,31)32/h3-10,14,21,25H,2,11-13,15-17H2,1H3,(H,33,37). The molecule has 1 N–H and O–H groups in total. The van der Waals surface area contributed by atoms with Crippen molar-refractivity contribution < 1.29 is 39.9 Å². The number of hydrogen-bond acceptors (Lipinski definition) is 8. The van der Waals surface area contributed by atoms with Crippen LogP contribution in [-0.2, 0) is 33.8 Å². The molecule has 0 aliphatic carbocycles. The molecular formula is C27H29F5N4O4S2. The van der Waals surface area contributed by atoms with Crippen molar-refractivity contribution in [3.05, 3.63) is 76.3 Å². The number of alkyl halides is 5. The molecule has 1 unspecified atom stereocenters. The van der Waals surface area contributed by atoms with Gasteiger partial charge in [0, 0.05) is 32.7 Å². The summed E-state index contributed by atoms with van der Waals surface area (Å²) in [6.07, 6.45) is -3.04. The van der Waals surface area contributed by atoms with Gasteiger partial charge < -0.3 is 15.0 Å². The third kappa shape index (κ3) is 8.24. The largest absolute Gasteiger partial charge is 0.416 e. The molecule has 2 heterocycles. The molecule has 2 aromatic carbocycles. The number of thiazole rings is 1. The Balaban J connectivity index is 1.38. The van der Waals surface area contributed by atoms with Crippen LogP contribution in [0.1, 0.15) is 33.3 Å². The number of carbonyl (C=O) groups excluding carboxylic acids is 1. The van der Waals surface area contributed by atoms with Crippen LogP contribution < -0.4 is 10.2 Å². The Morgan fingerprint density at radius 1 is 1.10 bits per heavy atom. The zero-order chi connectivity index (χ0) is 30.5. The van der Waals surface area contributed by atoms with Crippen molar-refractivity contribution in [1.82, 2.24) is 15.2 Å². The van der Waals surface area contributed by atoms with Gasteiger partial charge in [0.1, 0.15) is 4.88 Å². The fourth-order valence-electron chi connectivity index (χ4n) is 4.45. The summed E-state index contributed by atoms with van der Waals surface area (Å²) in [6.45, 7) is -0.100. The number of rotatable bonds is 11. The van der Waals surface area contributed by atoms with E-state index < -0.39 is 40.1 Å². The normalized spacial score (nSPS) is 16.6. The van der Waals surface area contributed by atoms with Crippen LogP contribution in [0.5, 0.6) is 0 Å². The van der Waals surface area contributed by atoms with Gasteiger partial charge in [0.2, 0.25) is 0 Å². The lowest BCUT2D eigenvalue weighted by atomic mass is 10.1. The van der Waals surface area contributed by atoms with Crippen LogP contribution in [0.4, 0.5) is 27.1 Å². The summed E-state index contributed by atoms with van der Waals surface area (Å²) >= 11 is 1.09. The number of amides is 1. The summed E-state index contributed by atoms with van der Waals surface area (Å²) in [5.41, 5.74) is 0.611. The van der Waals surface area contributed by atoms with E-state index in [1.54, 1.807) is 24.0 Å². The highest BCUT2D eigenvalue weighted by molar-refractivity contribution is 7.91. The first-order valence-electron chi connectivity index (χ1n) is 13.0. The number of aromatic nitrogens is 1. The van der Waals surface area contributed by atoms with Crippen LogP contribution >= 0.6 is 11.3 Å². The van der Waals surface area contributed by atoms with Gasteiger partial charge in [-0.2, -0.15) is 22.0 Å². The summed E-state index contributed by atoms with van der Waals surface area (Å²) in [4.78, 5) is 21.3. The minimum absolute atomic E-state index is 0.0138. The van der Waals surface area contributed by atoms with Crippen molar-refractivity contribution in [3.8, 4) is 0 Å². The second-order valence-corrected chi connectivity index (χ2v) is 12.9. The number of nitrogens with zero attached hydrogens (tertiary/aromatic N) is 3. The molecule has 4 rings (SSSR count). The van der Waals surface area contributed by atoms with E-state index in [1.165, 1.54) is 30.5 Å². The third-order valence-electron chi connectivity index (χ3n) is 6.75. The van der Waals surface area contributed by atoms with E-state index >= 15 is 0 Å². The second kappa shape index (κ2) is 13.4. The molecule has 228 valence electrons. The maximum absolute atomic E-state index is 12.9. The molecule has 0 saturated carbocycles. The number of anilines is 1. The molecule has 8 nitrogen and oxygen atoms in total. The maximum Gasteiger partial charge on any atom is 0.416 e. The van der Waals surface area contributed by atoms with Gasteiger partial charge >= 0.3 is 12.8 Å². The van der Waals surface area contributed by atoms with Gasteiger partial charge in [-0.15, -0.1) is 0 Å². The van der Waals surface area contributed by atoms with E-state index in [9.17, 15) is 35.2 Å². The fourth-order valence-corrected chi connectivity index (χ4v) is 6.27. The van der Waals surface area contributed by atoms with Crippen molar-refractivity contribution in [1.29, 1.82) is 0 Å². The minimum atomic E-state index is -4.43. The first-order chi connectivity index (χ1) is 19.9. The lowest BCUT2D eigenvalue weighted by molar-refractivity contribution is -0.137. The Kier molecular flexibility index (Phi) is 10.2. The van der Waals surface area contributed by atoms with Gasteiger partial charge in [0.25, 0.3) is 5.91 Å². The molecule has 0 spiro atoms. The highest BCUT2D eigenvalue weighted by atomic mass is 32.2. The van der Waals surface area contributed by atoms with Crippen LogP contribution in [0.25, 0.3) is 0 Å². The topological polar surface area (TPSA) is 91.8 Å². The number of piperazine rings is 1. The zero-order valence-corrected chi connectivity index (χ0v) is 24.1. The molecule has 1 aliphatic heterocycles. The monoisotopic (exact) mass is 632 g/mol. The van der Waals surface area contributed by atoms with Gasteiger partial charge in [0.05, 0.1) is 35.1 Å². The molecule has 0 radical (unpaired) electrons. The quantitative estimate of drug-likeness (QED) is 0.304. The predicted molar refractivity (Wildman–Crippen MR) is 147 cm³/mol. The maximum atomic E-state index is 12.9. The molecule has 1 aliphatic rings. The molecule has 0 bridgehead atoms. The number of ether oxygens (including phenoxy) is 1. The molecule has 1 aromatic heterocycles. The Morgan fingerprint density at radius 3 is 2.38 bits per heavy atom. The highest BCUT2D eigenvalue weighted by Crippen LogP contribution is 2.30. The number of hydrogen-bond donors (Lipinski definition) is 1. The van der Waals surface area contributed by atoms with Gasteiger partial charge in [-0.25, -0.2) is 13.4 Å².